The van der Waals surface area contributed by atoms with Crippen LogP contribution in [-0.2, 0) is 9.63 Å². The predicted molar refractivity (Wildman–Crippen MR) is 154 cm³/mol. The molecule has 2 fully saturated rings. The molecule has 2 aliphatic heterocycles. The summed E-state index contributed by atoms with van der Waals surface area (Å²) in [7, 11) is 1.59. The van der Waals surface area contributed by atoms with Gasteiger partial charge in [0.2, 0.25) is 0 Å². The van der Waals surface area contributed by atoms with E-state index in [0.717, 1.165) is 84.3 Å². The van der Waals surface area contributed by atoms with Crippen LogP contribution in [0, 0.1) is 19.8 Å². The van der Waals surface area contributed by atoms with Gasteiger partial charge < -0.3 is 15.1 Å². The SMILES string of the molecule is CNC(=O)CO/N=C(\c1ccc(Br)cc1)C1CCN(C2(C)CCN(C(=O)c3c(C)cccc3C)CC2)CC1. The Bertz CT molecular complexity index is 1140. The molecule has 204 valence electrons. The highest BCUT2D eigenvalue weighted by Gasteiger charge is 2.39. The Labute approximate surface area is 234 Å². The molecule has 1 N–H and O–H groups in total. The average molecular weight is 584 g/mol. The van der Waals surface area contributed by atoms with Crippen molar-refractivity contribution in [1.82, 2.24) is 15.1 Å². The third-order valence-electron chi connectivity index (χ3n) is 8.25. The molecular weight excluding hydrogens is 544 g/mol. The van der Waals surface area contributed by atoms with Crippen LogP contribution in [0.2, 0.25) is 0 Å². The lowest BCUT2D eigenvalue weighted by Crippen LogP contribution is -2.56. The van der Waals surface area contributed by atoms with Crippen LogP contribution in [0.15, 0.2) is 52.1 Å². The lowest BCUT2D eigenvalue weighted by Gasteiger charge is -2.49. The Hall–Kier alpha value is -2.71. The van der Waals surface area contributed by atoms with Crippen LogP contribution in [-0.4, -0.2) is 72.7 Å². The number of likely N-dealkylation sites (tertiary alicyclic amines) is 2. The minimum atomic E-state index is -0.200. The summed E-state index contributed by atoms with van der Waals surface area (Å²) in [5.74, 6) is 0.217. The molecule has 2 amide bonds. The fourth-order valence-corrected chi connectivity index (χ4v) is 5.99. The number of oxime groups is 1. The third kappa shape index (κ3) is 6.46. The van der Waals surface area contributed by atoms with Crippen molar-refractivity contribution in [3.8, 4) is 0 Å². The van der Waals surface area contributed by atoms with Gasteiger partial charge in [0.1, 0.15) is 0 Å². The monoisotopic (exact) mass is 582 g/mol. The van der Waals surface area contributed by atoms with Crippen molar-refractivity contribution in [3.63, 3.8) is 0 Å². The van der Waals surface area contributed by atoms with Crippen molar-refractivity contribution in [2.24, 2.45) is 11.1 Å². The van der Waals surface area contributed by atoms with Crippen molar-refractivity contribution in [1.29, 1.82) is 0 Å². The molecular formula is C30H39BrN4O3. The molecule has 7 nitrogen and oxygen atoms in total. The molecule has 0 spiro atoms. The summed E-state index contributed by atoms with van der Waals surface area (Å²) in [6.45, 7) is 9.80. The molecule has 0 atom stereocenters. The highest BCUT2D eigenvalue weighted by molar-refractivity contribution is 9.10. The Morgan fingerprint density at radius 1 is 1.03 bits per heavy atom. The van der Waals surface area contributed by atoms with Crippen LogP contribution >= 0.6 is 15.9 Å². The van der Waals surface area contributed by atoms with E-state index in [1.165, 1.54) is 0 Å². The van der Waals surface area contributed by atoms with Gasteiger partial charge in [-0.1, -0.05) is 51.4 Å². The number of carbonyl (C=O) groups is 2. The Kier molecular flexibility index (Phi) is 9.26. The summed E-state index contributed by atoms with van der Waals surface area (Å²) in [4.78, 5) is 35.0. The first kappa shape index (κ1) is 28.3. The second-order valence-corrected chi connectivity index (χ2v) is 11.7. The number of aryl methyl sites for hydroxylation is 2. The van der Waals surface area contributed by atoms with Crippen LogP contribution in [0.5, 0.6) is 0 Å². The van der Waals surface area contributed by atoms with Crippen molar-refractivity contribution in [3.05, 3.63) is 69.2 Å². The van der Waals surface area contributed by atoms with Gasteiger partial charge in [-0.15, -0.1) is 0 Å². The van der Waals surface area contributed by atoms with Crippen molar-refractivity contribution >= 4 is 33.5 Å². The number of halogens is 1. The first-order chi connectivity index (χ1) is 18.2. The van der Waals surface area contributed by atoms with Gasteiger partial charge in [-0.05, 0) is 88.4 Å². The molecule has 2 aromatic rings. The number of likely N-dealkylation sites (N-methyl/N-ethyl adjacent to an activating group) is 1. The summed E-state index contributed by atoms with van der Waals surface area (Å²) in [5.41, 5.74) is 4.96. The van der Waals surface area contributed by atoms with Gasteiger partial charge in [-0.3, -0.25) is 14.5 Å². The smallest absolute Gasteiger partial charge is 0.260 e. The van der Waals surface area contributed by atoms with Crippen molar-refractivity contribution in [2.45, 2.75) is 52.0 Å². The van der Waals surface area contributed by atoms with E-state index < -0.39 is 0 Å². The van der Waals surface area contributed by atoms with E-state index in [2.05, 4.69) is 38.2 Å². The molecule has 0 radical (unpaired) electrons. The summed E-state index contributed by atoms with van der Waals surface area (Å²) < 4.78 is 1.01. The van der Waals surface area contributed by atoms with Gasteiger partial charge in [0.25, 0.3) is 11.8 Å². The van der Waals surface area contributed by atoms with Crippen molar-refractivity contribution in [2.75, 3.05) is 39.8 Å². The highest BCUT2D eigenvalue weighted by Crippen LogP contribution is 2.34. The number of hydrogen-bond acceptors (Lipinski definition) is 5. The van der Waals surface area contributed by atoms with E-state index >= 15 is 0 Å². The van der Waals surface area contributed by atoms with Crippen LogP contribution < -0.4 is 5.32 Å². The quantitative estimate of drug-likeness (QED) is 0.370. The first-order valence-electron chi connectivity index (χ1n) is 13.5. The van der Waals surface area contributed by atoms with Gasteiger partial charge >= 0.3 is 0 Å². The number of benzene rings is 2. The third-order valence-corrected chi connectivity index (χ3v) is 8.77. The molecule has 0 bridgehead atoms. The fourth-order valence-electron chi connectivity index (χ4n) is 5.73. The fraction of sp³-hybridized carbons (Fsp3) is 0.500. The Morgan fingerprint density at radius 2 is 1.63 bits per heavy atom. The van der Waals surface area contributed by atoms with Gasteiger partial charge in [0.15, 0.2) is 6.61 Å². The summed E-state index contributed by atoms with van der Waals surface area (Å²) >= 11 is 3.51. The van der Waals surface area contributed by atoms with Crippen LogP contribution in [0.25, 0.3) is 0 Å². The average Bonchev–Trinajstić information content (AvgIpc) is 2.92. The lowest BCUT2D eigenvalue weighted by atomic mass is 9.82. The molecule has 8 heteroatoms. The minimum absolute atomic E-state index is 0.0765. The number of rotatable bonds is 7. The number of carbonyl (C=O) groups excluding carboxylic acids is 2. The van der Waals surface area contributed by atoms with Gasteiger partial charge in [0, 0.05) is 41.6 Å². The molecule has 2 aliphatic rings. The maximum absolute atomic E-state index is 13.3. The second-order valence-electron chi connectivity index (χ2n) is 10.7. The zero-order valence-electron chi connectivity index (χ0n) is 22.9. The van der Waals surface area contributed by atoms with Gasteiger partial charge in [-0.2, -0.15) is 0 Å². The molecule has 2 aromatic carbocycles. The Morgan fingerprint density at radius 3 is 2.21 bits per heavy atom. The standard InChI is InChI=1S/C30H39BrN4O3/c1-21-6-5-7-22(2)27(21)29(37)34-18-14-30(3,15-19-34)35-16-12-24(13-17-35)28(33-38-20-26(36)32-4)23-8-10-25(31)11-9-23/h5-11,24H,12-20H2,1-4H3,(H,32,36)/b33-28+. The number of amides is 2. The number of nitrogens with one attached hydrogen (secondary N) is 1. The number of nitrogens with zero attached hydrogens (tertiary/aromatic N) is 3. The van der Waals surface area contributed by atoms with E-state index in [-0.39, 0.29) is 29.9 Å². The number of hydrogen-bond donors (Lipinski definition) is 1. The molecule has 0 saturated carbocycles. The maximum Gasteiger partial charge on any atom is 0.260 e. The lowest BCUT2D eigenvalue weighted by molar-refractivity contribution is -0.125. The van der Waals surface area contributed by atoms with E-state index in [1.807, 2.05) is 61.2 Å². The van der Waals surface area contributed by atoms with Crippen molar-refractivity contribution < 1.29 is 14.4 Å². The normalized spacial score (nSPS) is 18.8. The van der Waals surface area contributed by atoms with E-state index in [1.54, 1.807) is 7.05 Å². The van der Waals surface area contributed by atoms with E-state index in [9.17, 15) is 9.59 Å². The first-order valence-corrected chi connectivity index (χ1v) is 14.3. The molecule has 0 aliphatic carbocycles. The molecule has 2 saturated heterocycles. The zero-order chi connectivity index (χ0) is 27.3. The predicted octanol–water partition coefficient (Wildman–Crippen LogP) is 4.94. The molecule has 0 aromatic heterocycles. The van der Waals surface area contributed by atoms with Crippen LogP contribution in [0.1, 0.15) is 59.7 Å². The summed E-state index contributed by atoms with van der Waals surface area (Å²) in [6.07, 6.45) is 3.88. The molecule has 0 unspecified atom stereocenters. The zero-order valence-corrected chi connectivity index (χ0v) is 24.5. The molecule has 38 heavy (non-hydrogen) atoms. The number of piperidine rings is 2. The Balaban J connectivity index is 1.38. The van der Waals surface area contributed by atoms with E-state index in [4.69, 9.17) is 4.84 Å². The van der Waals surface area contributed by atoms with Crippen LogP contribution in [0.3, 0.4) is 0 Å². The molecule has 2 heterocycles. The largest absolute Gasteiger partial charge is 0.385 e. The minimum Gasteiger partial charge on any atom is -0.385 e. The summed E-state index contributed by atoms with van der Waals surface area (Å²) in [6, 6.07) is 14.2. The second kappa shape index (κ2) is 12.4. The van der Waals surface area contributed by atoms with Crippen LogP contribution in [0.4, 0.5) is 0 Å². The van der Waals surface area contributed by atoms with Gasteiger partial charge in [-0.25, -0.2) is 0 Å². The maximum atomic E-state index is 13.3. The van der Waals surface area contributed by atoms with Gasteiger partial charge in [0.05, 0.1) is 5.71 Å². The highest BCUT2D eigenvalue weighted by atomic mass is 79.9. The topological polar surface area (TPSA) is 74.2 Å². The molecule has 4 rings (SSSR count). The summed E-state index contributed by atoms with van der Waals surface area (Å²) in [5, 5.41) is 7.01. The van der Waals surface area contributed by atoms with E-state index in [0.29, 0.717) is 0 Å².